The minimum absolute atomic E-state index is 0.138. The van der Waals surface area contributed by atoms with E-state index in [9.17, 15) is 0 Å². The number of nitrogens with one attached hydrogen (secondary N) is 1. The third kappa shape index (κ3) is 3.38. The predicted octanol–water partition coefficient (Wildman–Crippen LogP) is 3.28. The average molecular weight is 303 g/mol. The number of hydrogen-bond donors (Lipinski definition) is 2. The van der Waals surface area contributed by atoms with Gasteiger partial charge in [0.1, 0.15) is 12.4 Å². The van der Waals surface area contributed by atoms with Gasteiger partial charge in [-0.25, -0.2) is 0 Å². The van der Waals surface area contributed by atoms with Crippen molar-refractivity contribution in [3.8, 4) is 5.75 Å². The average Bonchev–Trinajstić information content (AvgIpc) is 2.49. The van der Waals surface area contributed by atoms with Crippen LogP contribution in [0.15, 0.2) is 48.5 Å². The lowest BCUT2D eigenvalue weighted by Crippen LogP contribution is -2.41. The zero-order valence-corrected chi connectivity index (χ0v) is 12.5. The van der Waals surface area contributed by atoms with Gasteiger partial charge in [-0.05, 0) is 54.2 Å². The van der Waals surface area contributed by atoms with Gasteiger partial charge in [-0.1, -0.05) is 35.9 Å². The van der Waals surface area contributed by atoms with E-state index in [4.69, 9.17) is 22.2 Å². The Labute approximate surface area is 130 Å². The van der Waals surface area contributed by atoms with E-state index >= 15 is 0 Å². The maximum atomic E-state index is 5.86. The Kier molecular flexibility index (Phi) is 4.44. The summed E-state index contributed by atoms with van der Waals surface area (Å²) in [6.45, 7) is 0.552. The SMILES string of the molecule is NNC(COc1ccc(Cl)cc1)CC1Cc2ccccc21. The summed E-state index contributed by atoms with van der Waals surface area (Å²) >= 11 is 5.86. The first-order valence-electron chi connectivity index (χ1n) is 7.18. The molecule has 0 saturated carbocycles. The zero-order valence-electron chi connectivity index (χ0n) is 11.8. The fraction of sp³-hybridized carbons (Fsp3) is 0.294. The van der Waals surface area contributed by atoms with Crippen molar-refractivity contribution in [2.24, 2.45) is 5.84 Å². The molecule has 0 bridgehead atoms. The van der Waals surface area contributed by atoms with Crippen molar-refractivity contribution >= 4 is 11.6 Å². The molecule has 2 aromatic carbocycles. The van der Waals surface area contributed by atoms with Crippen LogP contribution < -0.4 is 16.0 Å². The standard InChI is InChI=1S/C17H19ClN2O/c18-14-5-7-16(8-6-14)21-11-15(20-19)10-13-9-12-3-1-2-4-17(12)13/h1-8,13,15,20H,9-11,19H2. The molecule has 2 atom stereocenters. The quantitative estimate of drug-likeness (QED) is 0.636. The van der Waals surface area contributed by atoms with Gasteiger partial charge in [-0.2, -0.15) is 0 Å². The molecule has 1 aliphatic carbocycles. The zero-order chi connectivity index (χ0) is 14.7. The van der Waals surface area contributed by atoms with E-state index in [1.807, 2.05) is 24.3 Å². The van der Waals surface area contributed by atoms with Crippen LogP contribution in [0, 0.1) is 0 Å². The van der Waals surface area contributed by atoms with E-state index in [1.54, 1.807) is 0 Å². The van der Waals surface area contributed by atoms with Crippen molar-refractivity contribution in [3.63, 3.8) is 0 Å². The van der Waals surface area contributed by atoms with Crippen LogP contribution in [0.1, 0.15) is 23.5 Å². The van der Waals surface area contributed by atoms with Crippen LogP contribution >= 0.6 is 11.6 Å². The van der Waals surface area contributed by atoms with Gasteiger partial charge in [0, 0.05) is 5.02 Å². The van der Waals surface area contributed by atoms with Gasteiger partial charge in [0.05, 0.1) is 6.04 Å². The summed E-state index contributed by atoms with van der Waals surface area (Å²) in [5.41, 5.74) is 5.77. The molecule has 0 heterocycles. The first-order valence-corrected chi connectivity index (χ1v) is 7.56. The molecule has 0 radical (unpaired) electrons. The third-order valence-corrected chi connectivity index (χ3v) is 4.28. The lowest BCUT2D eigenvalue weighted by atomic mass is 9.74. The third-order valence-electron chi connectivity index (χ3n) is 4.03. The van der Waals surface area contributed by atoms with E-state index in [1.165, 1.54) is 11.1 Å². The maximum absolute atomic E-state index is 5.86. The molecule has 3 rings (SSSR count). The molecule has 0 saturated heterocycles. The second-order valence-corrected chi connectivity index (χ2v) is 5.90. The molecular weight excluding hydrogens is 284 g/mol. The molecule has 0 aliphatic heterocycles. The van der Waals surface area contributed by atoms with E-state index in [0.29, 0.717) is 17.5 Å². The minimum Gasteiger partial charge on any atom is -0.492 e. The molecule has 2 unspecified atom stereocenters. The van der Waals surface area contributed by atoms with Crippen molar-refractivity contribution in [1.82, 2.24) is 5.43 Å². The van der Waals surface area contributed by atoms with Crippen LogP contribution in [0.25, 0.3) is 0 Å². The van der Waals surface area contributed by atoms with Gasteiger partial charge in [0.15, 0.2) is 0 Å². The van der Waals surface area contributed by atoms with Crippen LogP contribution in [0.5, 0.6) is 5.75 Å². The van der Waals surface area contributed by atoms with Crippen molar-refractivity contribution in [2.75, 3.05) is 6.61 Å². The predicted molar refractivity (Wildman–Crippen MR) is 85.6 cm³/mol. The fourth-order valence-electron chi connectivity index (χ4n) is 2.83. The van der Waals surface area contributed by atoms with Crippen molar-refractivity contribution in [2.45, 2.75) is 24.8 Å². The van der Waals surface area contributed by atoms with E-state index in [0.717, 1.165) is 18.6 Å². The van der Waals surface area contributed by atoms with E-state index in [2.05, 4.69) is 29.7 Å². The Hall–Kier alpha value is -1.55. The molecule has 0 amide bonds. The molecule has 3 N–H and O–H groups in total. The Bertz CT molecular complexity index is 600. The van der Waals surface area contributed by atoms with Crippen LogP contribution in [0.3, 0.4) is 0 Å². The molecule has 3 nitrogen and oxygen atoms in total. The number of halogens is 1. The summed E-state index contributed by atoms with van der Waals surface area (Å²) in [6, 6.07) is 16.1. The highest BCUT2D eigenvalue weighted by Gasteiger charge is 2.27. The first-order chi connectivity index (χ1) is 10.3. The number of rotatable bonds is 6. The number of ether oxygens (including phenoxy) is 1. The van der Waals surface area contributed by atoms with E-state index < -0.39 is 0 Å². The highest BCUT2D eigenvalue weighted by Crippen LogP contribution is 2.37. The molecule has 2 aromatic rings. The summed E-state index contributed by atoms with van der Waals surface area (Å²) in [7, 11) is 0. The number of benzene rings is 2. The van der Waals surface area contributed by atoms with Gasteiger partial charge < -0.3 is 4.74 Å². The van der Waals surface area contributed by atoms with Gasteiger partial charge in [0.2, 0.25) is 0 Å². The minimum atomic E-state index is 0.138. The van der Waals surface area contributed by atoms with Crippen LogP contribution in [-0.4, -0.2) is 12.6 Å². The largest absolute Gasteiger partial charge is 0.492 e. The number of hydrogen-bond acceptors (Lipinski definition) is 3. The molecule has 0 spiro atoms. The van der Waals surface area contributed by atoms with Crippen LogP contribution in [-0.2, 0) is 6.42 Å². The van der Waals surface area contributed by atoms with Crippen molar-refractivity contribution in [1.29, 1.82) is 0 Å². The normalized spacial score (nSPS) is 17.7. The summed E-state index contributed by atoms with van der Waals surface area (Å²) < 4.78 is 5.77. The number of hydrazine groups is 1. The second-order valence-electron chi connectivity index (χ2n) is 5.46. The number of nitrogens with two attached hydrogens (primary N) is 1. The molecule has 21 heavy (non-hydrogen) atoms. The fourth-order valence-corrected chi connectivity index (χ4v) is 2.95. The van der Waals surface area contributed by atoms with Gasteiger partial charge in [0.25, 0.3) is 0 Å². The monoisotopic (exact) mass is 302 g/mol. The molecule has 4 heteroatoms. The Morgan fingerprint density at radius 3 is 2.67 bits per heavy atom. The molecule has 0 aromatic heterocycles. The van der Waals surface area contributed by atoms with Gasteiger partial charge >= 0.3 is 0 Å². The highest BCUT2D eigenvalue weighted by molar-refractivity contribution is 6.30. The summed E-state index contributed by atoms with van der Waals surface area (Å²) in [5.74, 6) is 7.05. The second kappa shape index (κ2) is 6.48. The lowest BCUT2D eigenvalue weighted by molar-refractivity contribution is 0.247. The van der Waals surface area contributed by atoms with Crippen LogP contribution in [0.2, 0.25) is 5.02 Å². The van der Waals surface area contributed by atoms with Crippen molar-refractivity contribution < 1.29 is 4.74 Å². The van der Waals surface area contributed by atoms with Crippen molar-refractivity contribution in [3.05, 3.63) is 64.7 Å². The lowest BCUT2D eigenvalue weighted by Gasteiger charge is -2.32. The Morgan fingerprint density at radius 1 is 1.19 bits per heavy atom. The Morgan fingerprint density at radius 2 is 1.95 bits per heavy atom. The summed E-state index contributed by atoms with van der Waals surface area (Å²) in [5, 5.41) is 0.710. The van der Waals surface area contributed by atoms with Gasteiger partial charge in [-0.15, -0.1) is 0 Å². The Balaban J connectivity index is 1.53. The first kappa shape index (κ1) is 14.4. The summed E-state index contributed by atoms with van der Waals surface area (Å²) in [4.78, 5) is 0. The number of fused-ring (bicyclic) bond motifs is 1. The smallest absolute Gasteiger partial charge is 0.119 e. The van der Waals surface area contributed by atoms with Crippen LogP contribution in [0.4, 0.5) is 0 Å². The van der Waals surface area contributed by atoms with Gasteiger partial charge in [-0.3, -0.25) is 11.3 Å². The maximum Gasteiger partial charge on any atom is 0.119 e. The topological polar surface area (TPSA) is 47.3 Å². The molecular formula is C17H19ClN2O. The summed E-state index contributed by atoms with van der Waals surface area (Å²) in [6.07, 6.45) is 2.12. The molecule has 0 fully saturated rings. The highest BCUT2D eigenvalue weighted by atomic mass is 35.5. The van der Waals surface area contributed by atoms with E-state index in [-0.39, 0.29) is 6.04 Å². The molecule has 110 valence electrons. The molecule has 1 aliphatic rings.